The minimum absolute atomic E-state index is 0.239. The van der Waals surface area contributed by atoms with E-state index in [4.69, 9.17) is 30.9 Å². The fourth-order valence-electron chi connectivity index (χ4n) is 8.86. The smallest absolute Gasteiger partial charge is 0.219 e. The average Bonchev–Trinajstić information content (AvgIpc) is 3.82. The van der Waals surface area contributed by atoms with Gasteiger partial charge in [-0.05, 0) is 37.1 Å². The Morgan fingerprint density at radius 1 is 0.544 bits per heavy atom. The summed E-state index contributed by atoms with van der Waals surface area (Å²) in [5.41, 5.74) is 17.1. The molecule has 6 aromatic rings. The number of rotatable bonds is 10. The molecule has 0 bridgehead atoms. The minimum Gasteiger partial charge on any atom is -0.378 e. The summed E-state index contributed by atoms with van der Waals surface area (Å²) in [7, 11) is -6.27. The molecule has 0 aromatic carbocycles. The molecule has 4 fully saturated rings. The van der Waals surface area contributed by atoms with Crippen LogP contribution < -0.4 is 21.3 Å². The van der Waals surface area contributed by atoms with Gasteiger partial charge in [-0.25, -0.2) is 46.7 Å². The number of sulfonamides is 2. The minimum atomic E-state index is -3.14. The molecule has 10 rings (SSSR count). The van der Waals surface area contributed by atoms with Gasteiger partial charge >= 0.3 is 0 Å². The molecule has 4 N–H and O–H groups in total. The van der Waals surface area contributed by atoms with E-state index in [9.17, 15) is 16.8 Å². The van der Waals surface area contributed by atoms with Crippen molar-refractivity contribution in [3.8, 4) is 22.5 Å². The Labute approximate surface area is 405 Å². The fourth-order valence-corrected chi connectivity index (χ4v) is 13.2. The summed E-state index contributed by atoms with van der Waals surface area (Å²) in [4.78, 5) is 38.5. The quantitative estimate of drug-likeness (QED) is 0.201. The third kappa shape index (κ3) is 10.8. The van der Waals surface area contributed by atoms with E-state index in [1.807, 2.05) is 0 Å². The van der Waals surface area contributed by atoms with Crippen molar-refractivity contribution < 1.29 is 26.3 Å². The van der Waals surface area contributed by atoms with E-state index in [-0.39, 0.29) is 11.9 Å². The molecule has 0 unspecified atom stereocenters. The van der Waals surface area contributed by atoms with Gasteiger partial charge in [-0.15, -0.1) is 22.7 Å². The first-order valence-corrected chi connectivity index (χ1v) is 27.9. The maximum Gasteiger partial charge on any atom is 0.219 e. The van der Waals surface area contributed by atoms with Gasteiger partial charge in [-0.3, -0.25) is 9.80 Å². The number of anilines is 4. The van der Waals surface area contributed by atoms with Crippen molar-refractivity contribution in [3.05, 3.63) is 57.8 Å². The molecule has 10 heterocycles. The Morgan fingerprint density at radius 3 is 1.21 bits per heavy atom. The van der Waals surface area contributed by atoms with Gasteiger partial charge in [-0.2, -0.15) is 8.61 Å². The van der Waals surface area contributed by atoms with Crippen LogP contribution in [0, 0.1) is 13.8 Å². The highest BCUT2D eigenvalue weighted by molar-refractivity contribution is 7.88. The topological polar surface area (TPSA) is 236 Å². The lowest BCUT2D eigenvalue weighted by Gasteiger charge is -2.33. The number of thiophene rings is 2. The predicted octanol–water partition coefficient (Wildman–Crippen LogP) is 3.12. The molecule has 6 aromatic heterocycles. The van der Waals surface area contributed by atoms with E-state index >= 15 is 0 Å². The molecule has 4 saturated heterocycles. The molecule has 68 heavy (non-hydrogen) atoms. The molecule has 364 valence electrons. The van der Waals surface area contributed by atoms with Crippen LogP contribution in [0.1, 0.15) is 20.9 Å². The van der Waals surface area contributed by atoms with Crippen LogP contribution in [0.5, 0.6) is 0 Å². The van der Waals surface area contributed by atoms with Crippen molar-refractivity contribution >= 4 is 86.4 Å². The molecule has 0 atom stereocenters. The van der Waals surface area contributed by atoms with Gasteiger partial charge in [0.05, 0.1) is 59.7 Å². The molecule has 20 nitrogen and oxygen atoms in total. The van der Waals surface area contributed by atoms with Gasteiger partial charge < -0.3 is 30.7 Å². The zero-order chi connectivity index (χ0) is 47.7. The highest BCUT2D eigenvalue weighted by Crippen LogP contribution is 2.41. The van der Waals surface area contributed by atoms with Gasteiger partial charge in [0.25, 0.3) is 0 Å². The number of piperazine rings is 2. The van der Waals surface area contributed by atoms with E-state index in [1.165, 1.54) is 53.6 Å². The number of aryl methyl sites for hydroxylation is 2. The number of ether oxygens (including phenoxy) is 2. The standard InChI is InChI=1S/2C22H29N7O3S2/c2*1-15-17-11-18(16-12-24-22(23)25-13-16)26-21(28-7-9-32-10-8-28)20(17)33-19(15)14-27-3-5-29(6-4-27)34(2,30)31/h2*11-13H,3-10,14H2,1-2H3,(H2,23,24,25). The maximum absolute atomic E-state index is 11.9. The van der Waals surface area contributed by atoms with Crippen LogP contribution in [-0.2, 0) is 42.6 Å². The fraction of sp³-hybridized carbons (Fsp3) is 0.500. The number of nitrogens with two attached hydrogens (primary N) is 2. The molecule has 0 saturated carbocycles. The maximum atomic E-state index is 11.9. The highest BCUT2D eigenvalue weighted by Gasteiger charge is 2.28. The summed E-state index contributed by atoms with van der Waals surface area (Å²) < 4.78 is 64.0. The van der Waals surface area contributed by atoms with E-state index in [1.54, 1.807) is 56.1 Å². The molecule has 0 aliphatic carbocycles. The van der Waals surface area contributed by atoms with Crippen molar-refractivity contribution in [2.45, 2.75) is 26.9 Å². The van der Waals surface area contributed by atoms with Crippen LogP contribution in [0.2, 0.25) is 0 Å². The zero-order valence-electron chi connectivity index (χ0n) is 38.8. The lowest BCUT2D eigenvalue weighted by molar-refractivity contribution is 0.122. The third-order valence-electron chi connectivity index (χ3n) is 12.9. The number of hydrogen-bond donors (Lipinski definition) is 2. The lowest BCUT2D eigenvalue weighted by atomic mass is 10.1. The molecule has 0 amide bonds. The molecule has 0 spiro atoms. The van der Waals surface area contributed by atoms with E-state index < -0.39 is 20.0 Å². The number of pyridine rings is 2. The van der Waals surface area contributed by atoms with Crippen LogP contribution in [0.4, 0.5) is 23.5 Å². The van der Waals surface area contributed by atoms with Crippen molar-refractivity contribution in [3.63, 3.8) is 0 Å². The summed E-state index contributed by atoms with van der Waals surface area (Å²) >= 11 is 3.56. The van der Waals surface area contributed by atoms with Crippen molar-refractivity contribution in [1.82, 2.24) is 48.3 Å². The van der Waals surface area contributed by atoms with Gasteiger partial charge in [-0.1, -0.05) is 0 Å². The van der Waals surface area contributed by atoms with Crippen LogP contribution >= 0.6 is 22.7 Å². The first-order chi connectivity index (χ1) is 32.6. The highest BCUT2D eigenvalue weighted by atomic mass is 32.2. The Kier molecular flexibility index (Phi) is 14.4. The van der Waals surface area contributed by atoms with Gasteiger partial charge in [0.2, 0.25) is 31.9 Å². The number of nitrogens with zero attached hydrogens (tertiary/aromatic N) is 12. The molecule has 24 heteroatoms. The van der Waals surface area contributed by atoms with Crippen LogP contribution in [0.15, 0.2) is 36.9 Å². The normalized spacial score (nSPS) is 18.6. The van der Waals surface area contributed by atoms with E-state index in [0.717, 1.165) is 99.6 Å². The predicted molar refractivity (Wildman–Crippen MR) is 269 cm³/mol. The monoisotopic (exact) mass is 1010 g/mol. The largest absolute Gasteiger partial charge is 0.378 e. The molecule has 0 radical (unpaired) electrons. The third-order valence-corrected chi connectivity index (χ3v) is 18.1. The van der Waals surface area contributed by atoms with E-state index in [2.05, 4.69) is 65.5 Å². The molecule has 4 aliphatic rings. The second-order valence-corrected chi connectivity index (χ2v) is 23.6. The average molecular weight is 1010 g/mol. The Hall–Kier alpha value is -4.76. The van der Waals surface area contributed by atoms with Crippen molar-refractivity contribution in [1.29, 1.82) is 0 Å². The summed E-state index contributed by atoms with van der Waals surface area (Å²) in [5.74, 6) is 2.41. The number of aromatic nitrogens is 6. The molecular weight excluding hydrogens is 949 g/mol. The number of nitrogen functional groups attached to an aromatic ring is 2. The van der Waals surface area contributed by atoms with E-state index in [0.29, 0.717) is 52.6 Å². The van der Waals surface area contributed by atoms with Gasteiger partial charge in [0.15, 0.2) is 0 Å². The summed E-state index contributed by atoms with van der Waals surface area (Å²) in [5, 5.41) is 2.36. The van der Waals surface area contributed by atoms with Crippen molar-refractivity contribution in [2.75, 3.05) is 139 Å². The second kappa shape index (κ2) is 20.3. The first-order valence-electron chi connectivity index (χ1n) is 22.6. The lowest BCUT2D eigenvalue weighted by Crippen LogP contribution is -2.47. The number of hydrogen-bond acceptors (Lipinski definition) is 20. The SMILES string of the molecule is Cc1c(CN2CCN(S(C)(=O)=O)CC2)sc2c(N3CCOCC3)nc(-c3cnc(N)nc3)cc12.Cc1c(CN2CCN(S(C)(=O)=O)CC2)sc2c(N3CCOCC3)nc(-c3cnc(N)nc3)cc12. The van der Waals surface area contributed by atoms with Crippen LogP contribution in [-0.4, -0.2) is 183 Å². The molecular formula is C44H58N14O6S4. The second-order valence-electron chi connectivity index (χ2n) is 17.5. The van der Waals surface area contributed by atoms with Gasteiger partial charge in [0, 0.05) is 148 Å². The van der Waals surface area contributed by atoms with Crippen LogP contribution in [0.3, 0.4) is 0 Å². The Bertz CT molecular complexity index is 2760. The molecule has 4 aliphatic heterocycles. The summed E-state index contributed by atoms with van der Waals surface area (Å²) in [6, 6.07) is 4.23. The number of morpholine rings is 2. The first kappa shape index (κ1) is 48.3. The van der Waals surface area contributed by atoms with Crippen LogP contribution in [0.25, 0.3) is 42.7 Å². The Morgan fingerprint density at radius 2 is 0.882 bits per heavy atom. The number of fused-ring (bicyclic) bond motifs is 2. The summed E-state index contributed by atoms with van der Waals surface area (Å²) in [6.45, 7) is 16.8. The Balaban J connectivity index is 0.000000170. The summed E-state index contributed by atoms with van der Waals surface area (Å²) in [6.07, 6.45) is 9.41. The van der Waals surface area contributed by atoms with Gasteiger partial charge in [0.1, 0.15) is 11.6 Å². The zero-order valence-corrected chi connectivity index (χ0v) is 42.1. The van der Waals surface area contributed by atoms with Crippen molar-refractivity contribution in [2.24, 2.45) is 0 Å².